The van der Waals surface area contributed by atoms with Crippen LogP contribution in [-0.2, 0) is 11.2 Å². The molecule has 0 radical (unpaired) electrons. The lowest BCUT2D eigenvalue weighted by molar-refractivity contribution is 0.141. The highest BCUT2D eigenvalue weighted by Gasteiger charge is 2.18. The maximum Gasteiger partial charge on any atom is 0.124 e. The van der Waals surface area contributed by atoms with E-state index in [1.807, 2.05) is 0 Å². The van der Waals surface area contributed by atoms with Crippen LogP contribution in [0.15, 0.2) is 24.3 Å². The van der Waals surface area contributed by atoms with Gasteiger partial charge in [0.25, 0.3) is 0 Å². The maximum atomic E-state index is 5.96. The van der Waals surface area contributed by atoms with Crippen molar-refractivity contribution in [3.63, 3.8) is 0 Å². The van der Waals surface area contributed by atoms with Gasteiger partial charge in [-0.25, -0.2) is 0 Å². The third-order valence-electron chi connectivity index (χ3n) is 4.01. The summed E-state index contributed by atoms with van der Waals surface area (Å²) in [5, 5.41) is 3.48. The van der Waals surface area contributed by atoms with Gasteiger partial charge in [-0.3, -0.25) is 0 Å². The van der Waals surface area contributed by atoms with Crippen LogP contribution in [0.3, 0.4) is 0 Å². The van der Waals surface area contributed by atoms with E-state index in [1.54, 1.807) is 0 Å². The van der Waals surface area contributed by atoms with Gasteiger partial charge < -0.3 is 14.8 Å². The largest absolute Gasteiger partial charge is 0.488 e. The number of rotatable bonds is 4. The van der Waals surface area contributed by atoms with Crippen LogP contribution >= 0.6 is 0 Å². The van der Waals surface area contributed by atoms with Gasteiger partial charge in [-0.05, 0) is 56.0 Å². The standard InChI is InChI=1S/C16H23NO2/c1-3-13(9-14-4-2-7-17-11-14)10-15(5-1)19-16-6-8-18-12-16/h1,3,5,10,14,16-17H,2,4,6-9,11-12H2. The van der Waals surface area contributed by atoms with Gasteiger partial charge in [0, 0.05) is 6.42 Å². The molecule has 1 aromatic carbocycles. The fraction of sp³-hybridized carbons (Fsp3) is 0.625. The van der Waals surface area contributed by atoms with E-state index in [0.717, 1.165) is 44.3 Å². The SMILES string of the molecule is c1cc(CC2CCCNC2)cc(OC2CCOC2)c1. The van der Waals surface area contributed by atoms with Gasteiger partial charge in [-0.2, -0.15) is 0 Å². The number of piperidine rings is 1. The number of nitrogens with one attached hydrogen (secondary N) is 1. The van der Waals surface area contributed by atoms with E-state index in [4.69, 9.17) is 9.47 Å². The average Bonchev–Trinajstić information content (AvgIpc) is 2.93. The molecule has 3 rings (SSSR count). The molecule has 3 nitrogen and oxygen atoms in total. The van der Waals surface area contributed by atoms with Crippen molar-refractivity contribution in [2.45, 2.75) is 31.8 Å². The zero-order valence-electron chi connectivity index (χ0n) is 11.4. The van der Waals surface area contributed by atoms with Crippen molar-refractivity contribution in [1.82, 2.24) is 5.32 Å². The predicted octanol–water partition coefficient (Wildman–Crippen LogP) is 2.40. The van der Waals surface area contributed by atoms with Crippen LogP contribution in [0.1, 0.15) is 24.8 Å². The summed E-state index contributed by atoms with van der Waals surface area (Å²) in [5.41, 5.74) is 1.39. The second-order valence-corrected chi connectivity index (χ2v) is 5.67. The van der Waals surface area contributed by atoms with Gasteiger partial charge in [0.1, 0.15) is 11.9 Å². The smallest absolute Gasteiger partial charge is 0.124 e. The number of hydrogen-bond donors (Lipinski definition) is 1. The minimum atomic E-state index is 0.242. The van der Waals surface area contributed by atoms with Gasteiger partial charge in [-0.15, -0.1) is 0 Å². The van der Waals surface area contributed by atoms with Crippen molar-refractivity contribution in [1.29, 1.82) is 0 Å². The van der Waals surface area contributed by atoms with Crippen LogP contribution in [0.4, 0.5) is 0 Å². The Morgan fingerprint density at radius 3 is 3.11 bits per heavy atom. The van der Waals surface area contributed by atoms with Gasteiger partial charge in [0.05, 0.1) is 13.2 Å². The summed E-state index contributed by atoms with van der Waals surface area (Å²) in [7, 11) is 0. The molecular formula is C16H23NO2. The van der Waals surface area contributed by atoms with E-state index in [9.17, 15) is 0 Å². The summed E-state index contributed by atoms with van der Waals surface area (Å²) < 4.78 is 11.3. The van der Waals surface area contributed by atoms with Crippen molar-refractivity contribution < 1.29 is 9.47 Å². The Kier molecular flexibility index (Phi) is 4.36. The third-order valence-corrected chi connectivity index (χ3v) is 4.01. The van der Waals surface area contributed by atoms with Gasteiger partial charge in [0.2, 0.25) is 0 Å². The van der Waals surface area contributed by atoms with Crippen molar-refractivity contribution in [3.05, 3.63) is 29.8 Å². The van der Waals surface area contributed by atoms with E-state index >= 15 is 0 Å². The van der Waals surface area contributed by atoms with E-state index in [1.165, 1.54) is 24.9 Å². The molecule has 2 atom stereocenters. The van der Waals surface area contributed by atoms with Crippen LogP contribution in [0.2, 0.25) is 0 Å². The molecule has 1 aromatic rings. The lowest BCUT2D eigenvalue weighted by Crippen LogP contribution is -2.30. The van der Waals surface area contributed by atoms with Crippen LogP contribution in [0, 0.1) is 5.92 Å². The fourth-order valence-corrected chi connectivity index (χ4v) is 2.98. The molecule has 2 saturated heterocycles. The molecule has 0 saturated carbocycles. The Morgan fingerprint density at radius 1 is 1.32 bits per heavy atom. The first-order valence-electron chi connectivity index (χ1n) is 7.44. The number of ether oxygens (including phenoxy) is 2. The molecule has 0 bridgehead atoms. The molecule has 1 N–H and O–H groups in total. The summed E-state index contributed by atoms with van der Waals surface area (Å²) in [4.78, 5) is 0. The van der Waals surface area contributed by atoms with Crippen molar-refractivity contribution in [3.8, 4) is 5.75 Å². The minimum Gasteiger partial charge on any atom is -0.488 e. The van der Waals surface area contributed by atoms with Crippen molar-refractivity contribution in [2.75, 3.05) is 26.3 Å². The molecule has 19 heavy (non-hydrogen) atoms. The van der Waals surface area contributed by atoms with Gasteiger partial charge >= 0.3 is 0 Å². The molecule has 0 spiro atoms. The summed E-state index contributed by atoms with van der Waals surface area (Å²) in [6.07, 6.45) is 5.06. The number of benzene rings is 1. The third kappa shape index (κ3) is 3.71. The second kappa shape index (κ2) is 6.40. The maximum absolute atomic E-state index is 5.96. The summed E-state index contributed by atoms with van der Waals surface area (Å²) in [5.74, 6) is 1.77. The van der Waals surface area contributed by atoms with E-state index in [2.05, 4.69) is 29.6 Å². The molecule has 2 fully saturated rings. The molecule has 0 amide bonds. The second-order valence-electron chi connectivity index (χ2n) is 5.67. The minimum absolute atomic E-state index is 0.242. The molecule has 2 aliphatic heterocycles. The monoisotopic (exact) mass is 261 g/mol. The number of hydrogen-bond acceptors (Lipinski definition) is 3. The van der Waals surface area contributed by atoms with Gasteiger partial charge in [-0.1, -0.05) is 12.1 Å². The Morgan fingerprint density at radius 2 is 2.32 bits per heavy atom. The first-order chi connectivity index (χ1) is 9.40. The molecule has 0 aromatic heterocycles. The van der Waals surface area contributed by atoms with Crippen LogP contribution in [0.25, 0.3) is 0 Å². The first kappa shape index (κ1) is 12.9. The van der Waals surface area contributed by atoms with Gasteiger partial charge in [0.15, 0.2) is 0 Å². The Bertz CT molecular complexity index is 395. The first-order valence-corrected chi connectivity index (χ1v) is 7.44. The zero-order chi connectivity index (χ0) is 12.9. The molecular weight excluding hydrogens is 238 g/mol. The molecule has 104 valence electrons. The molecule has 2 heterocycles. The molecule has 0 aliphatic carbocycles. The Labute approximate surface area is 115 Å². The highest BCUT2D eigenvalue weighted by Crippen LogP contribution is 2.22. The van der Waals surface area contributed by atoms with Crippen LogP contribution < -0.4 is 10.1 Å². The molecule has 3 heteroatoms. The fourth-order valence-electron chi connectivity index (χ4n) is 2.98. The lowest BCUT2D eigenvalue weighted by Gasteiger charge is -2.23. The highest BCUT2D eigenvalue weighted by atomic mass is 16.5. The normalized spacial score (nSPS) is 27.4. The Hall–Kier alpha value is -1.06. The predicted molar refractivity (Wildman–Crippen MR) is 75.6 cm³/mol. The topological polar surface area (TPSA) is 30.5 Å². The van der Waals surface area contributed by atoms with Crippen molar-refractivity contribution in [2.24, 2.45) is 5.92 Å². The summed E-state index contributed by atoms with van der Waals surface area (Å²) >= 11 is 0. The molecule has 2 unspecified atom stereocenters. The van der Waals surface area contributed by atoms with Crippen LogP contribution in [-0.4, -0.2) is 32.4 Å². The van der Waals surface area contributed by atoms with E-state index in [-0.39, 0.29) is 6.10 Å². The van der Waals surface area contributed by atoms with Crippen LogP contribution in [0.5, 0.6) is 5.75 Å². The zero-order valence-corrected chi connectivity index (χ0v) is 11.4. The quantitative estimate of drug-likeness (QED) is 0.903. The van der Waals surface area contributed by atoms with E-state index in [0.29, 0.717) is 0 Å². The summed E-state index contributed by atoms with van der Waals surface area (Å²) in [6.45, 7) is 3.90. The molecule has 2 aliphatic rings. The lowest BCUT2D eigenvalue weighted by atomic mass is 9.92. The van der Waals surface area contributed by atoms with Crippen molar-refractivity contribution >= 4 is 0 Å². The highest BCUT2D eigenvalue weighted by molar-refractivity contribution is 5.29. The summed E-state index contributed by atoms with van der Waals surface area (Å²) in [6, 6.07) is 8.58. The van der Waals surface area contributed by atoms with E-state index < -0.39 is 0 Å². The Balaban J connectivity index is 1.58. The average molecular weight is 261 g/mol.